The monoisotopic (exact) mass is 679 g/mol. The molecule has 0 atom stereocenters. The van der Waals surface area contributed by atoms with Crippen molar-refractivity contribution in [3.63, 3.8) is 0 Å². The first-order valence-corrected chi connectivity index (χ1v) is 13.8. The Balaban J connectivity index is 0. The van der Waals surface area contributed by atoms with E-state index in [0.29, 0.717) is 28.7 Å². The van der Waals surface area contributed by atoms with Crippen LogP contribution in [-0.2, 0) is 16.8 Å². The molecule has 0 saturated carbocycles. The molecule has 0 aliphatic heterocycles. The molecule has 41 heavy (non-hydrogen) atoms. The summed E-state index contributed by atoms with van der Waals surface area (Å²) in [6.07, 6.45) is 0. The molecule has 0 aliphatic carbocycles. The smallest absolute Gasteiger partial charge is 1.00 e. The molecule has 1 heterocycles. The molecule has 0 saturated heterocycles. The summed E-state index contributed by atoms with van der Waals surface area (Å²) >= 11 is 6.62. The SMILES string of the molecule is CC(=Nc1c(C(C)C)cccc1C(C)C)c1cc(Cl)cc(C(C)=Nc2c(C(C)C)cccc2C(C)C)n1.[Cl-].[Cl-].[Cl-].[Co+3]. The molecule has 3 rings (SSSR count). The summed E-state index contributed by atoms with van der Waals surface area (Å²) in [7, 11) is 0. The van der Waals surface area contributed by atoms with Crippen LogP contribution in [0.4, 0.5) is 11.4 Å². The summed E-state index contributed by atoms with van der Waals surface area (Å²) in [5, 5.41) is 0.631. The van der Waals surface area contributed by atoms with Gasteiger partial charge in [-0.1, -0.05) is 103 Å². The Hall–Kier alpha value is -1.40. The molecule has 3 nitrogen and oxygen atoms in total. The molecule has 0 spiro atoms. The van der Waals surface area contributed by atoms with E-state index in [0.717, 1.165) is 34.2 Å². The van der Waals surface area contributed by atoms with Crippen molar-refractivity contribution in [2.45, 2.75) is 92.9 Å². The zero-order valence-electron chi connectivity index (χ0n) is 25.6. The maximum atomic E-state index is 6.62. The zero-order chi connectivity index (χ0) is 27.4. The summed E-state index contributed by atoms with van der Waals surface area (Å²) in [5.41, 5.74) is 10.3. The molecular formula is C33H42Cl4CoN3. The summed E-state index contributed by atoms with van der Waals surface area (Å²) in [6.45, 7) is 21.7. The molecule has 0 amide bonds. The molecule has 0 N–H and O–H groups in total. The van der Waals surface area contributed by atoms with E-state index in [9.17, 15) is 0 Å². The first-order valence-electron chi connectivity index (χ1n) is 13.4. The van der Waals surface area contributed by atoms with Gasteiger partial charge in [-0.2, -0.15) is 0 Å². The predicted octanol–water partition coefficient (Wildman–Crippen LogP) is 1.52. The minimum atomic E-state index is 0. The van der Waals surface area contributed by atoms with Crippen molar-refractivity contribution >= 4 is 34.4 Å². The minimum Gasteiger partial charge on any atom is -1.00 e. The van der Waals surface area contributed by atoms with E-state index in [2.05, 4.69) is 91.8 Å². The fourth-order valence-electron chi connectivity index (χ4n) is 4.60. The number of benzene rings is 2. The molecule has 226 valence electrons. The number of aromatic nitrogens is 1. The number of pyridine rings is 1. The number of hydrogen-bond donors (Lipinski definition) is 0. The third-order valence-electron chi connectivity index (χ3n) is 6.78. The summed E-state index contributed by atoms with van der Waals surface area (Å²) in [5.74, 6) is 1.50. The number of halogens is 4. The van der Waals surface area contributed by atoms with Gasteiger partial charge >= 0.3 is 16.8 Å². The number of rotatable bonds is 8. The number of aliphatic imine (C=N–C) groups is 2. The minimum absolute atomic E-state index is 0. The zero-order valence-corrected chi connectivity index (χ0v) is 29.7. The predicted molar refractivity (Wildman–Crippen MR) is 162 cm³/mol. The standard InChI is InChI=1S/C33H42ClN3.3ClH.Co/c1-19(2)26-13-11-14-27(20(3)4)32(26)35-23(9)30-17-25(34)18-31(37-30)24(10)36-33-28(21(5)6)15-12-16-29(33)22(7)8;;;;/h11-22H,1-10H3;3*1H;/q;;;;+3/p-3. The first kappa shape index (κ1) is 41.7. The van der Waals surface area contributed by atoms with Crippen molar-refractivity contribution in [3.05, 3.63) is 87.2 Å². The summed E-state index contributed by atoms with van der Waals surface area (Å²) < 4.78 is 0. The topological polar surface area (TPSA) is 37.6 Å². The van der Waals surface area contributed by atoms with Gasteiger partial charge in [-0.3, -0.25) is 9.98 Å². The van der Waals surface area contributed by atoms with Gasteiger partial charge in [0.1, 0.15) is 0 Å². The Morgan fingerprint density at radius 1 is 0.585 bits per heavy atom. The average Bonchev–Trinajstić information content (AvgIpc) is 2.83. The Morgan fingerprint density at radius 2 is 0.854 bits per heavy atom. The molecule has 2 aromatic carbocycles. The van der Waals surface area contributed by atoms with Crippen LogP contribution >= 0.6 is 11.6 Å². The second-order valence-corrected chi connectivity index (χ2v) is 11.6. The molecule has 0 unspecified atom stereocenters. The Bertz CT molecular complexity index is 1180. The second-order valence-electron chi connectivity index (χ2n) is 11.1. The molecule has 3 aromatic rings. The molecule has 0 bridgehead atoms. The quantitative estimate of drug-likeness (QED) is 0.333. The van der Waals surface area contributed by atoms with Crippen LogP contribution in [0.1, 0.15) is 127 Å². The molecule has 0 aliphatic rings. The van der Waals surface area contributed by atoms with Gasteiger partial charge in [0, 0.05) is 5.02 Å². The fraction of sp³-hybridized carbons (Fsp3) is 0.424. The van der Waals surface area contributed by atoms with E-state index >= 15 is 0 Å². The van der Waals surface area contributed by atoms with Crippen LogP contribution in [0.3, 0.4) is 0 Å². The van der Waals surface area contributed by atoms with Gasteiger partial charge in [-0.15, -0.1) is 0 Å². The van der Waals surface area contributed by atoms with Crippen LogP contribution in [0.25, 0.3) is 0 Å². The van der Waals surface area contributed by atoms with E-state index in [4.69, 9.17) is 26.6 Å². The number of nitrogens with zero attached hydrogens (tertiary/aromatic N) is 3. The largest absolute Gasteiger partial charge is 3.00 e. The Kier molecular flexibility index (Phi) is 18.6. The fourth-order valence-corrected chi connectivity index (χ4v) is 4.81. The van der Waals surface area contributed by atoms with E-state index < -0.39 is 0 Å². The molecule has 0 fully saturated rings. The number of hydrogen-bond acceptors (Lipinski definition) is 3. The average molecular weight is 681 g/mol. The third kappa shape index (κ3) is 10.4. The van der Waals surface area contributed by atoms with Gasteiger partial charge < -0.3 is 37.2 Å². The van der Waals surface area contributed by atoms with Gasteiger partial charge in [0.05, 0.1) is 34.2 Å². The van der Waals surface area contributed by atoms with Crippen molar-refractivity contribution in [1.82, 2.24) is 4.98 Å². The maximum Gasteiger partial charge on any atom is 3.00 e. The van der Waals surface area contributed by atoms with Gasteiger partial charge in [0.15, 0.2) is 0 Å². The van der Waals surface area contributed by atoms with Crippen LogP contribution in [0.5, 0.6) is 0 Å². The van der Waals surface area contributed by atoms with Gasteiger partial charge in [0.25, 0.3) is 0 Å². The van der Waals surface area contributed by atoms with Gasteiger partial charge in [-0.05, 0) is 71.9 Å². The van der Waals surface area contributed by atoms with E-state index in [1.807, 2.05) is 26.0 Å². The van der Waals surface area contributed by atoms with Crippen LogP contribution in [0, 0.1) is 0 Å². The van der Waals surface area contributed by atoms with E-state index in [-0.39, 0.29) is 54.0 Å². The molecule has 1 aromatic heterocycles. The maximum absolute atomic E-state index is 6.62. The van der Waals surface area contributed by atoms with Crippen LogP contribution in [0.2, 0.25) is 5.02 Å². The molecule has 0 radical (unpaired) electrons. The molecular weight excluding hydrogens is 639 g/mol. The normalized spacial score (nSPS) is 11.7. The van der Waals surface area contributed by atoms with Gasteiger partial charge in [0.2, 0.25) is 0 Å². The number of para-hydroxylation sites is 2. The van der Waals surface area contributed by atoms with Crippen LogP contribution < -0.4 is 37.2 Å². The van der Waals surface area contributed by atoms with Crippen LogP contribution in [0.15, 0.2) is 58.5 Å². The molecule has 8 heteroatoms. The van der Waals surface area contributed by atoms with Crippen molar-refractivity contribution in [1.29, 1.82) is 0 Å². The van der Waals surface area contributed by atoms with Crippen molar-refractivity contribution < 1.29 is 54.0 Å². The van der Waals surface area contributed by atoms with Crippen molar-refractivity contribution in [2.75, 3.05) is 0 Å². The first-order chi connectivity index (χ1) is 17.4. The van der Waals surface area contributed by atoms with Crippen molar-refractivity contribution in [3.8, 4) is 0 Å². The third-order valence-corrected chi connectivity index (χ3v) is 6.99. The van der Waals surface area contributed by atoms with Crippen LogP contribution in [-0.4, -0.2) is 16.4 Å². The summed E-state index contributed by atoms with van der Waals surface area (Å²) in [4.78, 5) is 15.2. The van der Waals surface area contributed by atoms with Crippen molar-refractivity contribution in [2.24, 2.45) is 9.98 Å². The Morgan fingerprint density at radius 3 is 1.10 bits per heavy atom. The van der Waals surface area contributed by atoms with E-state index in [1.54, 1.807) is 0 Å². The second kappa shape index (κ2) is 18.3. The Labute approximate surface area is 281 Å². The summed E-state index contributed by atoms with van der Waals surface area (Å²) in [6, 6.07) is 16.8. The van der Waals surface area contributed by atoms with Gasteiger partial charge in [-0.25, -0.2) is 4.98 Å². The van der Waals surface area contributed by atoms with E-state index in [1.165, 1.54) is 22.3 Å².